The van der Waals surface area contributed by atoms with Gasteiger partial charge in [0.05, 0.1) is 5.69 Å². The van der Waals surface area contributed by atoms with Gasteiger partial charge in [0, 0.05) is 37.9 Å². The van der Waals surface area contributed by atoms with Crippen LogP contribution >= 0.6 is 24.8 Å². The normalized spacial score (nSPS) is 14.0. The van der Waals surface area contributed by atoms with E-state index in [1.165, 1.54) is 12.1 Å². The van der Waals surface area contributed by atoms with Crippen molar-refractivity contribution in [1.82, 2.24) is 15.3 Å². The van der Waals surface area contributed by atoms with Crippen LogP contribution in [0.3, 0.4) is 0 Å². The lowest BCUT2D eigenvalue weighted by Crippen LogP contribution is -2.44. The van der Waals surface area contributed by atoms with Crippen LogP contribution in [0, 0.1) is 5.82 Å². The maximum atomic E-state index is 13.2. The molecule has 0 amide bonds. The number of hydrogen-bond donors (Lipinski definition) is 1. The molecule has 114 valence electrons. The lowest BCUT2D eigenvalue weighted by Gasteiger charge is -2.27. The lowest BCUT2D eigenvalue weighted by molar-refractivity contribution is 0.580. The monoisotopic (exact) mass is 330 g/mol. The third kappa shape index (κ3) is 4.27. The van der Waals surface area contributed by atoms with Gasteiger partial charge in [-0.25, -0.2) is 14.4 Å². The van der Waals surface area contributed by atoms with Crippen LogP contribution in [0.1, 0.15) is 0 Å². The Kier molecular flexibility index (Phi) is 6.81. The molecule has 0 aliphatic carbocycles. The molecule has 1 aromatic heterocycles. The Hall–Kier alpha value is -1.43. The predicted molar refractivity (Wildman–Crippen MR) is 87.0 cm³/mol. The quantitative estimate of drug-likeness (QED) is 0.918. The Bertz CT molecular complexity index is 576. The van der Waals surface area contributed by atoms with Crippen molar-refractivity contribution in [2.75, 3.05) is 31.1 Å². The van der Waals surface area contributed by atoms with Crippen molar-refractivity contribution in [2.24, 2.45) is 0 Å². The van der Waals surface area contributed by atoms with Gasteiger partial charge in [0.2, 0.25) is 5.95 Å². The third-order valence-electron chi connectivity index (χ3n) is 3.16. The van der Waals surface area contributed by atoms with E-state index in [0.717, 1.165) is 37.4 Å². The fourth-order valence-electron chi connectivity index (χ4n) is 2.17. The molecule has 4 nitrogen and oxygen atoms in total. The second-order valence-electron chi connectivity index (χ2n) is 4.49. The first-order chi connectivity index (χ1) is 9.33. The molecule has 3 rings (SSSR count). The summed E-state index contributed by atoms with van der Waals surface area (Å²) < 4.78 is 13.2. The first kappa shape index (κ1) is 17.6. The number of hydrogen-bond acceptors (Lipinski definition) is 4. The van der Waals surface area contributed by atoms with Crippen LogP contribution in [0.15, 0.2) is 36.5 Å². The van der Waals surface area contributed by atoms with E-state index in [1.54, 1.807) is 18.3 Å². The van der Waals surface area contributed by atoms with E-state index in [0.29, 0.717) is 5.95 Å². The summed E-state index contributed by atoms with van der Waals surface area (Å²) in [5, 5.41) is 3.29. The van der Waals surface area contributed by atoms with Crippen molar-refractivity contribution in [3.63, 3.8) is 0 Å². The van der Waals surface area contributed by atoms with E-state index in [4.69, 9.17) is 0 Å². The lowest BCUT2D eigenvalue weighted by atomic mass is 10.1. The zero-order chi connectivity index (χ0) is 13.1. The molecule has 1 saturated heterocycles. The largest absolute Gasteiger partial charge is 0.338 e. The summed E-state index contributed by atoms with van der Waals surface area (Å²) >= 11 is 0. The number of piperazine rings is 1. The second kappa shape index (κ2) is 8.12. The van der Waals surface area contributed by atoms with E-state index >= 15 is 0 Å². The number of anilines is 1. The fraction of sp³-hybridized carbons (Fsp3) is 0.286. The van der Waals surface area contributed by atoms with Crippen molar-refractivity contribution in [1.29, 1.82) is 0 Å². The van der Waals surface area contributed by atoms with Gasteiger partial charge in [-0.15, -0.1) is 24.8 Å². The summed E-state index contributed by atoms with van der Waals surface area (Å²) in [5.41, 5.74) is 1.53. The number of aromatic nitrogens is 2. The minimum Gasteiger partial charge on any atom is -0.338 e. The molecular formula is C14H17Cl2FN4. The van der Waals surface area contributed by atoms with Crippen LogP contribution in [-0.4, -0.2) is 36.1 Å². The molecule has 0 radical (unpaired) electrons. The number of rotatable bonds is 2. The van der Waals surface area contributed by atoms with Gasteiger partial charge >= 0.3 is 0 Å². The van der Waals surface area contributed by atoms with Gasteiger partial charge in [-0.3, -0.25) is 0 Å². The van der Waals surface area contributed by atoms with Crippen LogP contribution in [0.2, 0.25) is 0 Å². The summed E-state index contributed by atoms with van der Waals surface area (Å²) in [4.78, 5) is 11.0. The molecule has 0 spiro atoms. The maximum Gasteiger partial charge on any atom is 0.225 e. The number of halogens is 3. The zero-order valence-electron chi connectivity index (χ0n) is 11.3. The minimum absolute atomic E-state index is 0. The molecule has 1 aromatic carbocycles. The van der Waals surface area contributed by atoms with Crippen molar-refractivity contribution < 1.29 is 4.39 Å². The highest BCUT2D eigenvalue weighted by Gasteiger charge is 2.13. The summed E-state index contributed by atoms with van der Waals surface area (Å²) in [5.74, 6) is 0.461. The third-order valence-corrected chi connectivity index (χ3v) is 3.16. The molecule has 1 N–H and O–H groups in total. The van der Waals surface area contributed by atoms with Crippen molar-refractivity contribution in [3.05, 3.63) is 42.3 Å². The molecule has 2 aromatic rings. The molecule has 0 bridgehead atoms. The van der Waals surface area contributed by atoms with Crippen LogP contribution in [-0.2, 0) is 0 Å². The summed E-state index contributed by atoms with van der Waals surface area (Å²) in [6, 6.07) is 8.27. The zero-order valence-corrected chi connectivity index (χ0v) is 13.0. The average molecular weight is 331 g/mol. The molecule has 0 unspecified atom stereocenters. The van der Waals surface area contributed by atoms with Gasteiger partial charge in [0.1, 0.15) is 5.82 Å². The maximum absolute atomic E-state index is 13.2. The van der Waals surface area contributed by atoms with Crippen LogP contribution in [0.5, 0.6) is 0 Å². The van der Waals surface area contributed by atoms with Crippen molar-refractivity contribution in [2.45, 2.75) is 0 Å². The molecule has 0 atom stereocenters. The molecule has 7 heteroatoms. The number of benzene rings is 1. The molecule has 1 aliphatic heterocycles. The molecule has 1 fully saturated rings. The highest BCUT2D eigenvalue weighted by atomic mass is 35.5. The molecule has 1 aliphatic rings. The Morgan fingerprint density at radius 2 is 1.86 bits per heavy atom. The summed E-state index contributed by atoms with van der Waals surface area (Å²) in [6.45, 7) is 3.67. The van der Waals surface area contributed by atoms with Crippen LogP contribution < -0.4 is 10.2 Å². The Morgan fingerprint density at radius 3 is 2.57 bits per heavy atom. The van der Waals surface area contributed by atoms with E-state index in [-0.39, 0.29) is 30.6 Å². The van der Waals surface area contributed by atoms with Crippen LogP contribution in [0.25, 0.3) is 11.3 Å². The fourth-order valence-corrected chi connectivity index (χ4v) is 2.17. The van der Waals surface area contributed by atoms with Crippen molar-refractivity contribution >= 4 is 30.8 Å². The Labute approximate surface area is 135 Å². The number of nitrogens with zero attached hydrogens (tertiary/aromatic N) is 3. The Balaban J connectivity index is 0.00000110. The molecular weight excluding hydrogens is 314 g/mol. The summed E-state index contributed by atoms with van der Waals surface area (Å²) in [6.07, 6.45) is 1.73. The van der Waals surface area contributed by atoms with Gasteiger partial charge in [-0.1, -0.05) is 12.1 Å². The average Bonchev–Trinajstić information content (AvgIpc) is 2.48. The summed E-state index contributed by atoms with van der Waals surface area (Å²) in [7, 11) is 0. The Morgan fingerprint density at radius 1 is 1.10 bits per heavy atom. The second-order valence-corrected chi connectivity index (χ2v) is 4.49. The van der Waals surface area contributed by atoms with Gasteiger partial charge in [-0.05, 0) is 18.2 Å². The molecule has 2 heterocycles. The minimum atomic E-state index is -0.250. The standard InChI is InChI=1S/C14H15FN4.2ClH/c15-12-3-1-2-11(10-12)13-4-5-17-14(18-13)19-8-6-16-7-9-19;;/h1-5,10,16H,6-9H2;2*1H. The number of nitrogens with one attached hydrogen (secondary N) is 1. The first-order valence-electron chi connectivity index (χ1n) is 6.37. The topological polar surface area (TPSA) is 41.1 Å². The SMILES string of the molecule is Cl.Cl.Fc1cccc(-c2ccnc(N3CCNCC3)n2)c1. The predicted octanol–water partition coefficient (Wildman–Crippen LogP) is 2.54. The van der Waals surface area contributed by atoms with E-state index in [1.807, 2.05) is 6.07 Å². The highest BCUT2D eigenvalue weighted by Crippen LogP contribution is 2.19. The van der Waals surface area contributed by atoms with Gasteiger partial charge in [0.15, 0.2) is 0 Å². The van der Waals surface area contributed by atoms with E-state index in [2.05, 4.69) is 20.2 Å². The van der Waals surface area contributed by atoms with Crippen molar-refractivity contribution in [3.8, 4) is 11.3 Å². The smallest absolute Gasteiger partial charge is 0.225 e. The van der Waals surface area contributed by atoms with Crippen LogP contribution in [0.4, 0.5) is 10.3 Å². The van der Waals surface area contributed by atoms with E-state index in [9.17, 15) is 4.39 Å². The van der Waals surface area contributed by atoms with Gasteiger partial charge in [-0.2, -0.15) is 0 Å². The molecule has 0 saturated carbocycles. The molecule has 21 heavy (non-hydrogen) atoms. The van der Waals surface area contributed by atoms with E-state index < -0.39 is 0 Å². The van der Waals surface area contributed by atoms with Gasteiger partial charge < -0.3 is 10.2 Å². The highest BCUT2D eigenvalue weighted by molar-refractivity contribution is 5.85. The van der Waals surface area contributed by atoms with Gasteiger partial charge in [0.25, 0.3) is 0 Å². The first-order valence-corrected chi connectivity index (χ1v) is 6.37.